The summed E-state index contributed by atoms with van der Waals surface area (Å²) in [6.07, 6.45) is 8.18. The molecule has 0 aliphatic carbocycles. The van der Waals surface area contributed by atoms with Gasteiger partial charge in [-0.2, -0.15) is 5.10 Å². The average Bonchev–Trinajstić information content (AvgIpc) is 3.42. The molecule has 4 heterocycles. The Kier molecular flexibility index (Phi) is 7.72. The van der Waals surface area contributed by atoms with Crippen molar-refractivity contribution in [3.05, 3.63) is 60.4 Å². The molecule has 0 saturated heterocycles. The van der Waals surface area contributed by atoms with E-state index < -0.39 is 8.07 Å². The van der Waals surface area contributed by atoms with Crippen LogP contribution in [0.2, 0.25) is 16.6 Å². The molecule has 200 valence electrons. The molecule has 0 unspecified atom stereocenters. The summed E-state index contributed by atoms with van der Waals surface area (Å²) in [6.45, 7) is 23.6. The minimum atomic E-state index is -1.87. The first-order valence-electron chi connectivity index (χ1n) is 13.8. The van der Waals surface area contributed by atoms with Crippen molar-refractivity contribution in [1.29, 1.82) is 0 Å². The van der Waals surface area contributed by atoms with Crippen molar-refractivity contribution in [1.82, 2.24) is 24.1 Å². The van der Waals surface area contributed by atoms with Crippen LogP contribution in [0.15, 0.2) is 49.1 Å². The second-order valence-electron chi connectivity index (χ2n) is 12.8. The van der Waals surface area contributed by atoms with E-state index in [2.05, 4.69) is 120 Å². The van der Waals surface area contributed by atoms with E-state index in [-0.39, 0.29) is 5.41 Å². The molecule has 5 nitrogen and oxygen atoms in total. The molecule has 0 aromatic carbocycles. The fourth-order valence-electron chi connectivity index (χ4n) is 5.92. The maximum Gasteiger partial charge on any atom is 0.146 e. The predicted octanol–water partition coefficient (Wildman–Crippen LogP) is 8.18. The third kappa shape index (κ3) is 5.63. The Balaban J connectivity index is 1.86. The fraction of sp³-hybridized carbons (Fsp3) is 0.469. The van der Waals surface area contributed by atoms with Gasteiger partial charge in [0.25, 0.3) is 0 Å². The zero-order valence-electron chi connectivity index (χ0n) is 24.8. The van der Waals surface area contributed by atoms with Gasteiger partial charge in [0.2, 0.25) is 0 Å². The summed E-state index contributed by atoms with van der Waals surface area (Å²) in [4.78, 5) is 9.86. The first kappa shape index (κ1) is 27.9. The molecule has 0 spiro atoms. The lowest BCUT2D eigenvalue weighted by Gasteiger charge is -2.38. The van der Waals surface area contributed by atoms with Crippen molar-refractivity contribution in [3.8, 4) is 33.8 Å². The molecular formula is C32H43N5Si. The summed E-state index contributed by atoms with van der Waals surface area (Å²) in [5, 5.41) is 4.67. The van der Waals surface area contributed by atoms with Gasteiger partial charge in [-0.15, -0.1) is 5.54 Å². The van der Waals surface area contributed by atoms with Crippen LogP contribution in [0.25, 0.3) is 28.0 Å². The first-order chi connectivity index (χ1) is 17.8. The van der Waals surface area contributed by atoms with Gasteiger partial charge in [0.15, 0.2) is 0 Å². The highest BCUT2D eigenvalue weighted by molar-refractivity contribution is 6.90. The second-order valence-corrected chi connectivity index (χ2v) is 18.4. The Labute approximate surface area is 229 Å². The quantitative estimate of drug-likeness (QED) is 0.188. The number of pyridine rings is 2. The van der Waals surface area contributed by atoms with E-state index >= 15 is 0 Å². The predicted molar refractivity (Wildman–Crippen MR) is 162 cm³/mol. The standard InChI is InChI=1S/C32H43N5Si/c1-22(2)38(23(3)4,24(5)6)16-14-28-11-12-29(27-18-33-37(20-27)21-32(8,9)10)31(35-28)26-13-15-36-19-25(7)34-30(36)17-26/h11-13,15,17-20,22-24H,21H2,1-10H3. The number of hydrogen-bond acceptors (Lipinski definition) is 3. The molecule has 0 saturated carbocycles. The van der Waals surface area contributed by atoms with Gasteiger partial charge in [0, 0.05) is 41.8 Å². The van der Waals surface area contributed by atoms with Gasteiger partial charge in [-0.1, -0.05) is 68.2 Å². The zero-order chi connectivity index (χ0) is 27.8. The maximum atomic E-state index is 5.17. The Morgan fingerprint density at radius 3 is 2.21 bits per heavy atom. The molecule has 0 fully saturated rings. The Bertz CT molecular complexity index is 1470. The minimum Gasteiger partial charge on any atom is -0.307 e. The Morgan fingerprint density at radius 2 is 1.58 bits per heavy atom. The molecule has 0 radical (unpaired) electrons. The third-order valence-corrected chi connectivity index (χ3v) is 13.9. The maximum absolute atomic E-state index is 5.17. The third-order valence-electron chi connectivity index (χ3n) is 7.60. The number of fused-ring (bicyclic) bond motifs is 1. The van der Waals surface area contributed by atoms with Crippen LogP contribution >= 0.6 is 0 Å². The lowest BCUT2D eigenvalue weighted by molar-refractivity contribution is 0.325. The number of hydrogen-bond donors (Lipinski definition) is 0. The van der Waals surface area contributed by atoms with E-state index in [1.54, 1.807) is 0 Å². The minimum absolute atomic E-state index is 0.146. The van der Waals surface area contributed by atoms with Crippen LogP contribution in [0, 0.1) is 23.8 Å². The summed E-state index contributed by atoms with van der Waals surface area (Å²) in [5.74, 6) is 3.55. The number of nitrogens with zero attached hydrogens (tertiary/aromatic N) is 5. The molecule has 0 atom stereocenters. The number of imidazole rings is 1. The average molecular weight is 526 g/mol. The second kappa shape index (κ2) is 10.5. The summed E-state index contributed by atoms with van der Waals surface area (Å²) in [6, 6.07) is 8.47. The van der Waals surface area contributed by atoms with Crippen molar-refractivity contribution < 1.29 is 0 Å². The molecule has 0 amide bonds. The Hall–Kier alpha value is -3.17. The molecule has 38 heavy (non-hydrogen) atoms. The summed E-state index contributed by atoms with van der Waals surface area (Å²) < 4.78 is 4.08. The number of aromatic nitrogens is 5. The molecule has 4 rings (SSSR count). The van der Waals surface area contributed by atoms with E-state index in [0.29, 0.717) is 16.6 Å². The normalized spacial score (nSPS) is 12.6. The van der Waals surface area contributed by atoms with Gasteiger partial charge in [-0.3, -0.25) is 4.68 Å². The van der Waals surface area contributed by atoms with E-state index in [9.17, 15) is 0 Å². The van der Waals surface area contributed by atoms with Gasteiger partial charge >= 0.3 is 0 Å². The molecule has 0 aliphatic heterocycles. The smallest absolute Gasteiger partial charge is 0.146 e. The molecule has 0 N–H and O–H groups in total. The van der Waals surface area contributed by atoms with Crippen LogP contribution in [0.1, 0.15) is 73.7 Å². The van der Waals surface area contributed by atoms with Crippen LogP contribution in [-0.2, 0) is 6.54 Å². The SMILES string of the molecule is Cc1cn2ccc(-c3nc(C#C[Si](C(C)C)(C(C)C)C(C)C)ccc3-c3cnn(CC(C)(C)C)c3)cc2n1. The van der Waals surface area contributed by atoms with Crippen LogP contribution in [0.4, 0.5) is 0 Å². The van der Waals surface area contributed by atoms with Crippen molar-refractivity contribution in [3.63, 3.8) is 0 Å². The van der Waals surface area contributed by atoms with Crippen molar-refractivity contribution in [2.75, 3.05) is 0 Å². The summed E-state index contributed by atoms with van der Waals surface area (Å²) in [7, 11) is -1.87. The van der Waals surface area contributed by atoms with Gasteiger partial charge in [-0.05, 0) is 53.2 Å². The molecule has 0 aliphatic rings. The van der Waals surface area contributed by atoms with Crippen LogP contribution in [0.3, 0.4) is 0 Å². The molecule has 4 aromatic rings. The van der Waals surface area contributed by atoms with Crippen LogP contribution in [0.5, 0.6) is 0 Å². The van der Waals surface area contributed by atoms with Crippen LogP contribution in [-0.4, -0.2) is 32.2 Å². The Morgan fingerprint density at radius 1 is 0.895 bits per heavy atom. The van der Waals surface area contributed by atoms with Crippen molar-refractivity contribution in [2.45, 2.75) is 92.4 Å². The van der Waals surface area contributed by atoms with Crippen molar-refractivity contribution >= 4 is 13.7 Å². The van der Waals surface area contributed by atoms with Gasteiger partial charge in [-0.25, -0.2) is 9.97 Å². The lowest BCUT2D eigenvalue weighted by Crippen LogP contribution is -2.43. The monoisotopic (exact) mass is 525 g/mol. The lowest BCUT2D eigenvalue weighted by atomic mass is 9.97. The van der Waals surface area contributed by atoms with Gasteiger partial charge in [0.1, 0.15) is 19.4 Å². The zero-order valence-corrected chi connectivity index (χ0v) is 25.8. The number of aryl methyl sites for hydroxylation is 1. The molecule has 0 bridgehead atoms. The highest BCUT2D eigenvalue weighted by Crippen LogP contribution is 2.41. The molecular weight excluding hydrogens is 482 g/mol. The van der Waals surface area contributed by atoms with Gasteiger partial charge in [0.05, 0.1) is 17.6 Å². The summed E-state index contributed by atoms with van der Waals surface area (Å²) >= 11 is 0. The van der Waals surface area contributed by atoms with Crippen molar-refractivity contribution in [2.24, 2.45) is 5.41 Å². The summed E-state index contributed by atoms with van der Waals surface area (Å²) in [5.41, 5.74) is 12.5. The fourth-order valence-corrected chi connectivity index (χ4v) is 11.1. The van der Waals surface area contributed by atoms with E-state index in [1.807, 2.05) is 24.0 Å². The van der Waals surface area contributed by atoms with E-state index in [0.717, 1.165) is 46.0 Å². The van der Waals surface area contributed by atoms with Gasteiger partial charge < -0.3 is 4.40 Å². The number of rotatable bonds is 6. The van der Waals surface area contributed by atoms with E-state index in [4.69, 9.17) is 9.97 Å². The van der Waals surface area contributed by atoms with E-state index in [1.165, 1.54) is 0 Å². The largest absolute Gasteiger partial charge is 0.307 e. The highest BCUT2D eigenvalue weighted by Gasteiger charge is 2.41. The first-order valence-corrected chi connectivity index (χ1v) is 16.1. The topological polar surface area (TPSA) is 48.0 Å². The molecule has 6 heteroatoms. The molecule has 4 aromatic heterocycles. The van der Waals surface area contributed by atoms with Crippen LogP contribution < -0.4 is 0 Å². The highest BCUT2D eigenvalue weighted by atomic mass is 28.3.